The fourth-order valence-electron chi connectivity index (χ4n) is 13.1. The number of hydrogen-bond donors (Lipinski definition) is 0. The summed E-state index contributed by atoms with van der Waals surface area (Å²) >= 11 is 0. The van der Waals surface area contributed by atoms with Gasteiger partial charge in [-0.3, -0.25) is 0 Å². The molecule has 12 aromatic rings. The van der Waals surface area contributed by atoms with Crippen LogP contribution in [0.1, 0.15) is 44.9 Å². The Balaban J connectivity index is 0.000000151. The van der Waals surface area contributed by atoms with Gasteiger partial charge >= 0.3 is 0 Å². The third kappa shape index (κ3) is 9.13. The van der Waals surface area contributed by atoms with Gasteiger partial charge in [0.1, 0.15) is 0 Å². The van der Waals surface area contributed by atoms with Gasteiger partial charge in [0.25, 0.3) is 0 Å². The number of allylic oxidation sites excluding steroid dienone is 6. The van der Waals surface area contributed by atoms with Crippen LogP contribution >= 0.6 is 0 Å². The molecule has 1 atom stereocenters. The summed E-state index contributed by atoms with van der Waals surface area (Å²) in [5.74, 6) is 0.178. The Labute approximate surface area is 482 Å². The molecule has 3 aliphatic rings. The van der Waals surface area contributed by atoms with Crippen molar-refractivity contribution < 1.29 is 0 Å². The van der Waals surface area contributed by atoms with E-state index in [4.69, 9.17) is 0 Å². The molecule has 0 heterocycles. The zero-order valence-electron chi connectivity index (χ0n) is 46.8. The lowest BCUT2D eigenvalue weighted by Gasteiger charge is -2.41. The SMILES string of the molecule is Cc1cccc(N(C2=CC=C3C=Cc4c(N(c5cccc(C)c5)c5cccc(C)c5)ccc5c4C3C2=CC5)c2cccc(C)c2)c1.c1ccc(-c2ccc(-c3c4ccccc4c(-c4cccc5ccccc45)c4ccccc34)cc2)cc1. The van der Waals surface area contributed by atoms with Crippen LogP contribution in [0.25, 0.3) is 71.8 Å². The Kier molecular flexibility index (Phi) is 13.0. The Morgan fingerprint density at radius 2 is 0.841 bits per heavy atom. The van der Waals surface area contributed by atoms with Gasteiger partial charge in [0, 0.05) is 39.9 Å². The van der Waals surface area contributed by atoms with Crippen molar-refractivity contribution in [1.29, 1.82) is 0 Å². The first-order valence-electron chi connectivity index (χ1n) is 28.7. The van der Waals surface area contributed by atoms with Gasteiger partial charge in [0.2, 0.25) is 0 Å². The Bertz CT molecular complexity index is 4440. The van der Waals surface area contributed by atoms with E-state index >= 15 is 0 Å². The number of benzene rings is 12. The van der Waals surface area contributed by atoms with E-state index in [9.17, 15) is 0 Å². The monoisotopic (exact) mass is 1050 g/mol. The molecular formula is C80H62N2. The third-order valence-corrected chi connectivity index (χ3v) is 16.8. The summed E-state index contributed by atoms with van der Waals surface area (Å²) in [4.78, 5) is 4.90. The molecule has 0 spiro atoms. The number of nitrogens with zero attached hydrogens (tertiary/aromatic N) is 2. The summed E-state index contributed by atoms with van der Waals surface area (Å²) in [7, 11) is 0. The molecule has 2 nitrogen and oxygen atoms in total. The molecule has 0 bridgehead atoms. The molecule has 0 aromatic heterocycles. The molecule has 392 valence electrons. The van der Waals surface area contributed by atoms with Gasteiger partial charge in [-0.15, -0.1) is 0 Å². The normalized spacial score (nSPS) is 13.9. The molecule has 0 fully saturated rings. The van der Waals surface area contributed by atoms with Gasteiger partial charge in [-0.1, -0.05) is 224 Å². The van der Waals surface area contributed by atoms with E-state index in [-0.39, 0.29) is 5.92 Å². The summed E-state index contributed by atoms with van der Waals surface area (Å²) in [6, 6.07) is 92.9. The Morgan fingerprint density at radius 3 is 1.41 bits per heavy atom. The minimum Gasteiger partial charge on any atom is -0.310 e. The van der Waals surface area contributed by atoms with Gasteiger partial charge < -0.3 is 9.80 Å². The van der Waals surface area contributed by atoms with Crippen molar-refractivity contribution in [2.45, 2.75) is 40.0 Å². The topological polar surface area (TPSA) is 6.48 Å². The van der Waals surface area contributed by atoms with E-state index in [1.54, 1.807) is 0 Å². The van der Waals surface area contributed by atoms with Crippen LogP contribution in [-0.2, 0) is 6.42 Å². The second kappa shape index (κ2) is 21.2. The maximum Gasteiger partial charge on any atom is 0.0537 e. The molecule has 15 rings (SSSR count). The van der Waals surface area contributed by atoms with Gasteiger partial charge in [-0.2, -0.15) is 0 Å². The van der Waals surface area contributed by atoms with Crippen LogP contribution in [0.4, 0.5) is 28.4 Å². The third-order valence-electron chi connectivity index (χ3n) is 16.8. The lowest BCUT2D eigenvalue weighted by Crippen LogP contribution is -2.27. The van der Waals surface area contributed by atoms with Crippen molar-refractivity contribution >= 4 is 66.8 Å². The lowest BCUT2D eigenvalue weighted by atomic mass is 9.69. The Hall–Kier alpha value is -10.0. The van der Waals surface area contributed by atoms with Crippen LogP contribution in [0.2, 0.25) is 0 Å². The minimum atomic E-state index is 0.178. The first kappa shape index (κ1) is 50.2. The molecule has 0 saturated heterocycles. The van der Waals surface area contributed by atoms with Crippen molar-refractivity contribution in [3.8, 4) is 33.4 Å². The summed E-state index contributed by atoms with van der Waals surface area (Å²) in [5, 5.41) is 7.70. The van der Waals surface area contributed by atoms with Crippen LogP contribution in [0.3, 0.4) is 0 Å². The highest BCUT2D eigenvalue weighted by Gasteiger charge is 2.37. The van der Waals surface area contributed by atoms with Gasteiger partial charge in [-0.25, -0.2) is 0 Å². The van der Waals surface area contributed by atoms with E-state index in [1.807, 2.05) is 0 Å². The average Bonchev–Trinajstić information content (AvgIpc) is 2.04. The van der Waals surface area contributed by atoms with Gasteiger partial charge in [-0.05, 0) is 205 Å². The van der Waals surface area contributed by atoms with E-state index in [1.165, 1.54) is 150 Å². The number of hydrogen-bond acceptors (Lipinski definition) is 2. The fourth-order valence-corrected chi connectivity index (χ4v) is 13.1. The fraction of sp³-hybridized carbons (Fsp3) is 0.0750. The van der Waals surface area contributed by atoms with Crippen LogP contribution in [0.15, 0.2) is 296 Å². The van der Waals surface area contributed by atoms with E-state index in [2.05, 4.69) is 323 Å². The molecule has 12 aromatic carbocycles. The van der Waals surface area contributed by atoms with Crippen molar-refractivity contribution in [3.05, 3.63) is 335 Å². The molecule has 2 heteroatoms. The molecular weight excluding hydrogens is 989 g/mol. The summed E-state index contributed by atoms with van der Waals surface area (Å²) < 4.78 is 0. The van der Waals surface area contributed by atoms with Crippen LogP contribution < -0.4 is 9.80 Å². The molecule has 1 unspecified atom stereocenters. The number of rotatable bonds is 9. The summed E-state index contributed by atoms with van der Waals surface area (Å²) in [5.41, 5.74) is 26.7. The van der Waals surface area contributed by atoms with Crippen molar-refractivity contribution in [1.82, 2.24) is 0 Å². The van der Waals surface area contributed by atoms with Crippen LogP contribution in [0, 0.1) is 27.7 Å². The highest BCUT2D eigenvalue weighted by atomic mass is 15.2. The molecule has 0 radical (unpaired) electrons. The first-order valence-corrected chi connectivity index (χ1v) is 28.7. The lowest BCUT2D eigenvalue weighted by molar-refractivity contribution is 0.860. The predicted molar refractivity (Wildman–Crippen MR) is 350 cm³/mol. The second-order valence-electron chi connectivity index (χ2n) is 22.3. The zero-order valence-corrected chi connectivity index (χ0v) is 46.8. The molecule has 82 heavy (non-hydrogen) atoms. The Morgan fingerprint density at radius 1 is 0.366 bits per heavy atom. The summed E-state index contributed by atoms with van der Waals surface area (Å²) in [6.07, 6.45) is 12.8. The summed E-state index contributed by atoms with van der Waals surface area (Å²) in [6.45, 7) is 8.70. The van der Waals surface area contributed by atoms with Gasteiger partial charge in [0.05, 0.1) is 5.69 Å². The smallest absolute Gasteiger partial charge is 0.0537 e. The van der Waals surface area contributed by atoms with E-state index < -0.39 is 0 Å². The average molecular weight is 1050 g/mol. The minimum absolute atomic E-state index is 0.178. The zero-order chi connectivity index (χ0) is 55.3. The predicted octanol–water partition coefficient (Wildman–Crippen LogP) is 21.8. The largest absolute Gasteiger partial charge is 0.310 e. The molecule has 3 aliphatic carbocycles. The molecule has 0 saturated carbocycles. The van der Waals surface area contributed by atoms with Crippen LogP contribution in [-0.4, -0.2) is 0 Å². The number of anilines is 5. The maximum absolute atomic E-state index is 2.48. The number of aryl methyl sites for hydroxylation is 4. The van der Waals surface area contributed by atoms with Crippen molar-refractivity contribution in [2.24, 2.45) is 0 Å². The standard InChI is InChI=1S/C44H38N2.C36H24/c1-29-9-5-13-35(25-29)45(36-14-6-10-30(2)26-36)41-23-19-33-18-22-40-42(24-20-34-17-21-39(41)43(33)44(34)40)46(37-15-7-11-31(3)27-37)38-16-8-12-32(4)28-38;1-2-11-25(12-3-1)26-21-23-28(24-22-26)35-31-16-6-8-18-33(31)36(34-19-9-7-17-32(34)35)30-20-10-14-27-13-4-5-15-29(27)30/h5-17,19-28,44H,18H2,1-4H3;1-24H. The first-order chi connectivity index (χ1) is 40.3. The van der Waals surface area contributed by atoms with Crippen LogP contribution in [0.5, 0.6) is 0 Å². The number of fused-ring (bicyclic) bond motifs is 3. The molecule has 0 amide bonds. The second-order valence-corrected chi connectivity index (χ2v) is 22.3. The maximum atomic E-state index is 2.48. The molecule has 0 aliphatic heterocycles. The van der Waals surface area contributed by atoms with Gasteiger partial charge in [0.15, 0.2) is 0 Å². The van der Waals surface area contributed by atoms with E-state index in [0.717, 1.165) is 6.42 Å². The highest BCUT2D eigenvalue weighted by molar-refractivity contribution is 6.23. The van der Waals surface area contributed by atoms with E-state index in [0.29, 0.717) is 0 Å². The highest BCUT2D eigenvalue weighted by Crippen LogP contribution is 2.54. The molecule has 0 N–H and O–H groups in total. The quantitative estimate of drug-likeness (QED) is 0.133. The van der Waals surface area contributed by atoms with Crippen molar-refractivity contribution in [3.63, 3.8) is 0 Å². The van der Waals surface area contributed by atoms with Crippen molar-refractivity contribution in [2.75, 3.05) is 9.80 Å².